The van der Waals surface area contributed by atoms with E-state index in [9.17, 15) is 17.4 Å². The van der Waals surface area contributed by atoms with E-state index in [0.29, 0.717) is 47.7 Å². The van der Waals surface area contributed by atoms with Crippen molar-refractivity contribution in [3.05, 3.63) is 36.8 Å². The van der Waals surface area contributed by atoms with E-state index in [1.54, 1.807) is 18.3 Å². The molecule has 1 amide bonds. The first-order chi connectivity index (χ1) is 14.3. The number of nitrogens with zero attached hydrogens (tertiary/aromatic N) is 5. The van der Waals surface area contributed by atoms with Crippen molar-refractivity contribution < 1.29 is 22.5 Å². The van der Waals surface area contributed by atoms with Crippen molar-refractivity contribution in [2.45, 2.75) is 28.0 Å². The molecule has 0 radical (unpaired) electrons. The van der Waals surface area contributed by atoms with Gasteiger partial charge in [0.1, 0.15) is 11.4 Å². The van der Waals surface area contributed by atoms with Crippen LogP contribution < -0.4 is 0 Å². The lowest BCUT2D eigenvalue weighted by molar-refractivity contribution is 0.136. The Balaban J connectivity index is 1.64. The van der Waals surface area contributed by atoms with Gasteiger partial charge in [0, 0.05) is 24.6 Å². The molecule has 3 aromatic rings. The highest BCUT2D eigenvalue weighted by Gasteiger charge is 2.29. The highest BCUT2D eigenvalue weighted by molar-refractivity contribution is 7.90. The number of sulfone groups is 1. The van der Waals surface area contributed by atoms with Gasteiger partial charge in [-0.25, -0.2) is 27.9 Å². The summed E-state index contributed by atoms with van der Waals surface area (Å²) >= 11 is 0. The molecule has 1 fully saturated rings. The van der Waals surface area contributed by atoms with Crippen molar-refractivity contribution >= 4 is 37.8 Å². The van der Waals surface area contributed by atoms with Crippen molar-refractivity contribution in [2.24, 2.45) is 0 Å². The van der Waals surface area contributed by atoms with E-state index < -0.39 is 26.7 Å². The number of benzene rings is 1. The lowest BCUT2D eigenvalue weighted by atomic mass is 10.1. The van der Waals surface area contributed by atoms with Crippen LogP contribution in [-0.4, -0.2) is 73.1 Å². The van der Waals surface area contributed by atoms with Crippen LogP contribution in [0.15, 0.2) is 46.7 Å². The Hall–Kier alpha value is -2.86. The fourth-order valence-corrected chi connectivity index (χ4v) is 5.52. The van der Waals surface area contributed by atoms with Gasteiger partial charge < -0.3 is 10.0 Å². The molecule has 1 aromatic carbocycles. The number of carboxylic acid groups (broad SMARTS) is 1. The molecule has 0 aliphatic carbocycles. The zero-order valence-corrected chi connectivity index (χ0v) is 17.6. The SMILES string of the molecule is CS(=O)(=O)c1ccc(-n2ncc3c(S(=O)C4CCN(C(=O)O)CC4)ncnc32)cc1. The zero-order chi connectivity index (χ0) is 21.5. The molecule has 158 valence electrons. The van der Waals surface area contributed by atoms with Crippen LogP contribution in [0.2, 0.25) is 0 Å². The predicted octanol–water partition coefficient (Wildman–Crippen LogP) is 1.47. The average molecular weight is 450 g/mol. The number of aromatic nitrogens is 4. The molecule has 10 nitrogen and oxygen atoms in total. The van der Waals surface area contributed by atoms with Crippen molar-refractivity contribution in [3.8, 4) is 5.69 Å². The van der Waals surface area contributed by atoms with Crippen molar-refractivity contribution in [2.75, 3.05) is 19.3 Å². The molecule has 1 aliphatic heterocycles. The molecular formula is C18H19N5O5S2. The van der Waals surface area contributed by atoms with Gasteiger partial charge in [-0.2, -0.15) is 5.10 Å². The van der Waals surface area contributed by atoms with Crippen LogP contribution in [0, 0.1) is 0 Å². The Bertz CT molecular complexity index is 1230. The highest BCUT2D eigenvalue weighted by Crippen LogP contribution is 2.26. The van der Waals surface area contributed by atoms with E-state index in [1.165, 1.54) is 28.0 Å². The normalized spacial score (nSPS) is 16.6. The quantitative estimate of drug-likeness (QED) is 0.592. The Kier molecular flexibility index (Phi) is 5.28. The fourth-order valence-electron chi connectivity index (χ4n) is 3.43. The highest BCUT2D eigenvalue weighted by atomic mass is 32.2. The van der Waals surface area contributed by atoms with Gasteiger partial charge in [-0.05, 0) is 37.1 Å². The first-order valence-corrected chi connectivity index (χ1v) is 12.2. The van der Waals surface area contributed by atoms with Gasteiger partial charge in [0.2, 0.25) is 0 Å². The zero-order valence-electron chi connectivity index (χ0n) is 16.0. The number of likely N-dealkylation sites (tertiary alicyclic amines) is 1. The summed E-state index contributed by atoms with van der Waals surface area (Å²) in [6, 6.07) is 6.25. The van der Waals surface area contributed by atoms with Crippen molar-refractivity contribution in [1.29, 1.82) is 0 Å². The second-order valence-electron chi connectivity index (χ2n) is 7.00. The maximum Gasteiger partial charge on any atom is 0.407 e. The maximum absolute atomic E-state index is 13.1. The molecule has 0 saturated carbocycles. The third-order valence-electron chi connectivity index (χ3n) is 5.04. The predicted molar refractivity (Wildman–Crippen MR) is 109 cm³/mol. The first-order valence-electron chi connectivity index (χ1n) is 9.13. The molecule has 2 aromatic heterocycles. The summed E-state index contributed by atoms with van der Waals surface area (Å²) in [7, 11) is -4.74. The number of carbonyl (C=O) groups is 1. The van der Waals surface area contributed by atoms with Crippen LogP contribution in [0.5, 0.6) is 0 Å². The summed E-state index contributed by atoms with van der Waals surface area (Å²) in [4.78, 5) is 21.1. The lowest BCUT2D eigenvalue weighted by Crippen LogP contribution is -2.40. The minimum absolute atomic E-state index is 0.198. The van der Waals surface area contributed by atoms with Gasteiger partial charge in [-0.1, -0.05) is 0 Å². The van der Waals surface area contributed by atoms with E-state index in [1.807, 2.05) is 0 Å². The van der Waals surface area contributed by atoms with E-state index in [-0.39, 0.29) is 10.1 Å². The molecule has 12 heteroatoms. The second kappa shape index (κ2) is 7.76. The van der Waals surface area contributed by atoms with Gasteiger partial charge in [0.05, 0.1) is 33.0 Å². The molecule has 1 unspecified atom stereocenters. The van der Waals surface area contributed by atoms with Crippen molar-refractivity contribution in [1.82, 2.24) is 24.6 Å². The topological polar surface area (TPSA) is 135 Å². The largest absolute Gasteiger partial charge is 0.465 e. The standard InChI is InChI=1S/C18H19N5O5S2/c1-30(27,28)14-4-2-12(3-5-14)23-16-15(10-21-23)17(20-11-19-16)29(26)13-6-8-22(9-7-13)18(24)25/h2-5,10-11,13H,6-9H2,1H3,(H,24,25). The van der Waals surface area contributed by atoms with E-state index in [0.717, 1.165) is 6.26 Å². The van der Waals surface area contributed by atoms with Crippen LogP contribution in [0.1, 0.15) is 12.8 Å². The minimum Gasteiger partial charge on any atom is -0.465 e. The number of amides is 1. The number of hydrogen-bond acceptors (Lipinski definition) is 7. The Labute approximate surface area is 174 Å². The molecule has 1 N–H and O–H groups in total. The molecule has 0 bridgehead atoms. The van der Waals surface area contributed by atoms with Gasteiger partial charge in [-0.15, -0.1) is 0 Å². The Morgan fingerprint density at radius 3 is 2.43 bits per heavy atom. The van der Waals surface area contributed by atoms with Crippen LogP contribution in [-0.2, 0) is 20.6 Å². The third-order valence-corrected chi connectivity index (χ3v) is 7.96. The molecule has 0 spiro atoms. The fraction of sp³-hybridized carbons (Fsp3) is 0.333. The number of hydrogen-bond donors (Lipinski definition) is 1. The van der Waals surface area contributed by atoms with Crippen molar-refractivity contribution in [3.63, 3.8) is 0 Å². The maximum atomic E-state index is 13.1. The molecular weight excluding hydrogens is 430 g/mol. The number of piperidine rings is 1. The molecule has 1 atom stereocenters. The molecule has 3 heterocycles. The summed E-state index contributed by atoms with van der Waals surface area (Å²) in [6.45, 7) is 0.678. The monoisotopic (exact) mass is 449 g/mol. The Morgan fingerprint density at radius 2 is 1.83 bits per heavy atom. The summed E-state index contributed by atoms with van der Waals surface area (Å²) in [5.74, 6) is 0. The van der Waals surface area contributed by atoms with Crippen LogP contribution in [0.3, 0.4) is 0 Å². The first kappa shape index (κ1) is 20.4. The van der Waals surface area contributed by atoms with Gasteiger partial charge in [0.15, 0.2) is 15.5 Å². The Morgan fingerprint density at radius 1 is 1.17 bits per heavy atom. The summed E-state index contributed by atoms with van der Waals surface area (Å²) in [5, 5.41) is 14.1. The number of rotatable bonds is 4. The van der Waals surface area contributed by atoms with E-state index >= 15 is 0 Å². The van der Waals surface area contributed by atoms with Gasteiger partial charge in [-0.3, -0.25) is 4.21 Å². The summed E-state index contributed by atoms with van der Waals surface area (Å²) in [6.07, 6.45) is 4.02. The molecule has 4 rings (SSSR count). The van der Waals surface area contributed by atoms with E-state index in [4.69, 9.17) is 5.11 Å². The molecule has 1 aliphatic rings. The smallest absolute Gasteiger partial charge is 0.407 e. The van der Waals surface area contributed by atoms with Gasteiger partial charge in [0.25, 0.3) is 0 Å². The van der Waals surface area contributed by atoms with Gasteiger partial charge >= 0.3 is 6.09 Å². The van der Waals surface area contributed by atoms with Crippen LogP contribution in [0.4, 0.5) is 4.79 Å². The summed E-state index contributed by atoms with van der Waals surface area (Å²) < 4.78 is 38.0. The van der Waals surface area contributed by atoms with Crippen LogP contribution >= 0.6 is 0 Å². The number of fused-ring (bicyclic) bond motifs is 1. The average Bonchev–Trinajstić information content (AvgIpc) is 3.17. The molecule has 30 heavy (non-hydrogen) atoms. The third kappa shape index (κ3) is 3.79. The van der Waals surface area contributed by atoms with Crippen LogP contribution in [0.25, 0.3) is 16.7 Å². The minimum atomic E-state index is -3.31. The molecule has 1 saturated heterocycles. The lowest BCUT2D eigenvalue weighted by Gasteiger charge is -2.29. The summed E-state index contributed by atoms with van der Waals surface area (Å²) in [5.41, 5.74) is 1.08. The van der Waals surface area contributed by atoms with E-state index in [2.05, 4.69) is 15.1 Å². The second-order valence-corrected chi connectivity index (χ2v) is 10.7.